The maximum absolute atomic E-state index is 5.60. The normalized spacial score (nSPS) is 10.7. The lowest BCUT2D eigenvalue weighted by atomic mass is 10.2. The molecule has 128 valence electrons. The largest absolute Gasteiger partial charge is 0.702 e. The molecule has 0 radical (unpaired) electrons. The van der Waals surface area contributed by atoms with Crippen molar-refractivity contribution >= 4 is 12.6 Å². The molecule has 5 heteroatoms. The fourth-order valence-corrected chi connectivity index (χ4v) is 3.19. The predicted molar refractivity (Wildman–Crippen MR) is 103 cm³/mol. The van der Waals surface area contributed by atoms with Crippen molar-refractivity contribution < 1.29 is 9.30 Å². The molecule has 4 aromatic rings. The van der Waals surface area contributed by atoms with E-state index < -0.39 is 0 Å². The summed E-state index contributed by atoms with van der Waals surface area (Å²) < 4.78 is 9.17. The monoisotopic (exact) mass is 359 g/mol. The first-order chi connectivity index (χ1) is 12.8. The van der Waals surface area contributed by atoms with E-state index in [1.807, 2.05) is 94.2 Å². The van der Waals surface area contributed by atoms with Crippen molar-refractivity contribution in [2.24, 2.45) is 0 Å². The van der Waals surface area contributed by atoms with Crippen molar-refractivity contribution in [1.29, 1.82) is 0 Å². The molecule has 0 N–H and O–H groups in total. The van der Waals surface area contributed by atoms with Crippen LogP contribution in [0, 0.1) is 0 Å². The number of para-hydroxylation sites is 2. The zero-order valence-corrected chi connectivity index (χ0v) is 15.1. The third kappa shape index (κ3) is 2.93. The molecular weight excluding hydrogens is 342 g/mol. The van der Waals surface area contributed by atoms with Gasteiger partial charge in [0.25, 0.3) is 5.82 Å². The van der Waals surface area contributed by atoms with Crippen molar-refractivity contribution in [3.05, 3.63) is 84.9 Å². The van der Waals surface area contributed by atoms with Crippen LogP contribution >= 0.6 is 0 Å². The van der Waals surface area contributed by atoms with Gasteiger partial charge >= 0.3 is 0 Å². The molecule has 0 fully saturated rings. The number of ether oxygens (including phenoxy) is 1. The Hall–Kier alpha value is -3.18. The van der Waals surface area contributed by atoms with Crippen molar-refractivity contribution in [3.8, 4) is 28.5 Å². The van der Waals surface area contributed by atoms with Gasteiger partial charge in [-0.05, 0) is 48.5 Å². The van der Waals surface area contributed by atoms with Gasteiger partial charge in [-0.1, -0.05) is 41.1 Å². The summed E-state index contributed by atoms with van der Waals surface area (Å²) in [6.07, 6.45) is 0. The van der Waals surface area contributed by atoms with E-state index in [1.165, 1.54) is 0 Å². The molecule has 3 aromatic carbocycles. The lowest BCUT2D eigenvalue weighted by Gasteiger charge is -2.08. The van der Waals surface area contributed by atoms with E-state index in [1.54, 1.807) is 7.11 Å². The summed E-state index contributed by atoms with van der Waals surface area (Å²) in [5.74, 6) is 1.71. The third-order valence-corrected chi connectivity index (χ3v) is 4.42. The molecule has 0 atom stereocenters. The maximum atomic E-state index is 5.60. The second-order valence-corrected chi connectivity index (χ2v) is 6.12. The van der Waals surface area contributed by atoms with Crippen LogP contribution in [-0.4, -0.2) is 16.9 Å². The smallest absolute Gasteiger partial charge is 0.277 e. The molecule has 0 saturated heterocycles. The molecule has 0 bridgehead atoms. The van der Waals surface area contributed by atoms with Crippen LogP contribution in [0.25, 0.3) is 22.8 Å². The van der Waals surface area contributed by atoms with Crippen LogP contribution in [0.5, 0.6) is 5.75 Å². The van der Waals surface area contributed by atoms with Gasteiger partial charge in [0.2, 0.25) is 0 Å². The Kier molecular flexibility index (Phi) is 4.37. The van der Waals surface area contributed by atoms with Gasteiger partial charge in [0.1, 0.15) is 17.1 Å². The highest BCUT2D eigenvalue weighted by Gasteiger charge is 2.24. The van der Waals surface area contributed by atoms with Gasteiger partial charge < -0.3 is 17.4 Å². The van der Waals surface area contributed by atoms with Gasteiger partial charge in [-0.2, -0.15) is 0 Å². The SMILES string of the molecule is COc1ccc(-c2n(-c3ccccc3)nc([S-])[n+]2-c2ccccc2)cc1. The van der Waals surface area contributed by atoms with Crippen LogP contribution in [0.4, 0.5) is 0 Å². The Bertz CT molecular complexity index is 1010. The van der Waals surface area contributed by atoms with Crippen molar-refractivity contribution in [2.75, 3.05) is 7.11 Å². The summed E-state index contributed by atoms with van der Waals surface area (Å²) in [7, 11) is 1.66. The first-order valence-electron chi connectivity index (χ1n) is 8.25. The lowest BCUT2D eigenvalue weighted by molar-refractivity contribution is -0.625. The van der Waals surface area contributed by atoms with Crippen molar-refractivity contribution in [3.63, 3.8) is 0 Å². The maximum Gasteiger partial charge on any atom is 0.277 e. The molecule has 0 aliphatic rings. The van der Waals surface area contributed by atoms with Crippen LogP contribution < -0.4 is 9.30 Å². The molecule has 0 amide bonds. The van der Waals surface area contributed by atoms with E-state index in [0.717, 1.165) is 28.5 Å². The minimum atomic E-state index is 0.505. The Morgan fingerprint density at radius 3 is 2.08 bits per heavy atom. The van der Waals surface area contributed by atoms with E-state index >= 15 is 0 Å². The van der Waals surface area contributed by atoms with Gasteiger partial charge in [0.15, 0.2) is 5.16 Å². The highest BCUT2D eigenvalue weighted by Crippen LogP contribution is 2.24. The number of hydrogen-bond donors (Lipinski definition) is 0. The summed E-state index contributed by atoms with van der Waals surface area (Å²) in [5, 5.41) is 5.14. The number of benzene rings is 3. The Morgan fingerprint density at radius 1 is 0.846 bits per heavy atom. The average molecular weight is 359 g/mol. The standard InChI is InChI=1S/C21H17N3OS/c1-25-19-14-12-16(13-15-19)20-23(17-8-4-2-5-9-17)21(26)22-24(20)18-10-6-3-7-11-18/h2-15H,1H3. The number of rotatable bonds is 4. The Morgan fingerprint density at radius 2 is 1.46 bits per heavy atom. The lowest BCUT2D eigenvalue weighted by Crippen LogP contribution is -2.34. The van der Waals surface area contributed by atoms with E-state index in [-0.39, 0.29) is 0 Å². The van der Waals surface area contributed by atoms with E-state index in [0.29, 0.717) is 5.16 Å². The van der Waals surface area contributed by atoms with Crippen LogP contribution in [0.1, 0.15) is 0 Å². The zero-order valence-electron chi connectivity index (χ0n) is 14.2. The van der Waals surface area contributed by atoms with Gasteiger partial charge in [-0.15, -0.1) is 0 Å². The molecule has 0 unspecified atom stereocenters. The second-order valence-electron chi connectivity index (χ2n) is 5.75. The Balaban J connectivity index is 1.99. The molecule has 26 heavy (non-hydrogen) atoms. The molecule has 0 saturated carbocycles. The number of hydrogen-bond acceptors (Lipinski definition) is 3. The predicted octanol–water partition coefficient (Wildman–Crippen LogP) is 3.73. The number of methoxy groups -OCH3 is 1. The highest BCUT2D eigenvalue weighted by molar-refractivity contribution is 7.58. The highest BCUT2D eigenvalue weighted by atomic mass is 32.1. The number of nitrogens with zero attached hydrogens (tertiary/aromatic N) is 3. The van der Waals surface area contributed by atoms with Crippen LogP contribution in [0.2, 0.25) is 0 Å². The first kappa shape index (κ1) is 16.3. The van der Waals surface area contributed by atoms with Gasteiger partial charge in [0, 0.05) is 5.10 Å². The molecule has 1 aromatic heterocycles. The molecule has 4 rings (SSSR count). The minimum Gasteiger partial charge on any atom is -0.702 e. The second kappa shape index (κ2) is 6.98. The summed E-state index contributed by atoms with van der Waals surface area (Å²) in [6.45, 7) is 0. The van der Waals surface area contributed by atoms with Crippen LogP contribution in [0.15, 0.2) is 90.1 Å². The number of aromatic nitrogens is 3. The van der Waals surface area contributed by atoms with Gasteiger partial charge in [-0.3, -0.25) is 0 Å². The summed E-state index contributed by atoms with van der Waals surface area (Å²) in [6, 6.07) is 28.0. The third-order valence-electron chi connectivity index (χ3n) is 4.15. The fraction of sp³-hybridized carbons (Fsp3) is 0.0476. The summed E-state index contributed by atoms with van der Waals surface area (Å²) >= 11 is 5.60. The van der Waals surface area contributed by atoms with E-state index in [9.17, 15) is 0 Å². The summed E-state index contributed by atoms with van der Waals surface area (Å²) in [4.78, 5) is 0. The minimum absolute atomic E-state index is 0.505. The van der Waals surface area contributed by atoms with Crippen LogP contribution in [0.3, 0.4) is 0 Å². The fourth-order valence-electron chi connectivity index (χ4n) is 2.91. The first-order valence-corrected chi connectivity index (χ1v) is 8.66. The Labute approximate surface area is 157 Å². The van der Waals surface area contributed by atoms with Crippen LogP contribution in [-0.2, 0) is 12.6 Å². The van der Waals surface area contributed by atoms with Crippen molar-refractivity contribution in [1.82, 2.24) is 9.78 Å². The summed E-state index contributed by atoms with van der Waals surface area (Å²) in [5.41, 5.74) is 2.94. The quantitative estimate of drug-likeness (QED) is 0.411. The topological polar surface area (TPSA) is 30.9 Å². The molecule has 0 spiro atoms. The zero-order chi connectivity index (χ0) is 17.9. The van der Waals surface area contributed by atoms with Gasteiger partial charge in [-0.25, -0.2) is 4.57 Å². The molecule has 0 aliphatic carbocycles. The van der Waals surface area contributed by atoms with Crippen molar-refractivity contribution in [2.45, 2.75) is 5.16 Å². The molecular formula is C21H17N3OS. The van der Waals surface area contributed by atoms with Gasteiger partial charge in [0.05, 0.1) is 12.7 Å². The average Bonchev–Trinajstić information content (AvgIpc) is 3.06. The molecule has 1 heterocycles. The van der Waals surface area contributed by atoms with E-state index in [2.05, 4.69) is 5.10 Å². The molecule has 4 nitrogen and oxygen atoms in total. The molecule has 0 aliphatic heterocycles. The van der Waals surface area contributed by atoms with E-state index in [4.69, 9.17) is 17.4 Å².